The smallest absolute Gasteiger partial charge is 0.287 e. The second-order valence-electron chi connectivity index (χ2n) is 6.19. The van der Waals surface area contributed by atoms with E-state index in [1.807, 2.05) is 0 Å². The highest BCUT2D eigenvalue weighted by atomic mass is 35.5. The normalized spacial score (nSPS) is 15.4. The number of rotatable bonds is 3. The Kier molecular flexibility index (Phi) is 4.56. The first-order valence-electron chi connectivity index (χ1n) is 8.34. The van der Waals surface area contributed by atoms with E-state index in [0.29, 0.717) is 9.87 Å². The number of fused-ring (bicyclic) bond motifs is 1. The Bertz CT molecular complexity index is 1180. The molecule has 28 heavy (non-hydrogen) atoms. The lowest BCUT2D eigenvalue weighted by atomic mass is 10.2. The number of benzene rings is 3. The lowest BCUT2D eigenvalue weighted by molar-refractivity contribution is 0.253. The van der Waals surface area contributed by atoms with Crippen molar-refractivity contribution in [2.24, 2.45) is 0 Å². The van der Waals surface area contributed by atoms with E-state index in [4.69, 9.17) is 11.6 Å². The average molecular weight is 417 g/mol. The molecular weight excluding hydrogens is 403 g/mol. The van der Waals surface area contributed by atoms with Gasteiger partial charge >= 0.3 is 6.03 Å². The molecule has 0 spiro atoms. The molecule has 142 valence electrons. The van der Waals surface area contributed by atoms with Gasteiger partial charge in [-0.2, -0.15) is 4.31 Å². The summed E-state index contributed by atoms with van der Waals surface area (Å²) < 4.78 is 40.7. The van der Waals surface area contributed by atoms with Crippen LogP contribution in [-0.2, 0) is 16.6 Å². The zero-order valence-corrected chi connectivity index (χ0v) is 16.0. The number of para-hydroxylation sites is 2. The van der Waals surface area contributed by atoms with Gasteiger partial charge in [0.25, 0.3) is 10.0 Å². The van der Waals surface area contributed by atoms with E-state index in [2.05, 4.69) is 0 Å². The van der Waals surface area contributed by atoms with Gasteiger partial charge in [0.15, 0.2) is 0 Å². The lowest BCUT2D eigenvalue weighted by Gasteiger charge is -2.36. The quantitative estimate of drug-likeness (QED) is 0.615. The summed E-state index contributed by atoms with van der Waals surface area (Å²) in [6, 6.07) is 17.5. The van der Waals surface area contributed by atoms with Crippen molar-refractivity contribution < 1.29 is 17.6 Å². The van der Waals surface area contributed by atoms with E-state index >= 15 is 0 Å². The second-order valence-corrected chi connectivity index (χ2v) is 8.35. The van der Waals surface area contributed by atoms with Gasteiger partial charge in [-0.05, 0) is 42.0 Å². The second kappa shape index (κ2) is 6.92. The minimum Gasteiger partial charge on any atom is -0.287 e. The largest absolute Gasteiger partial charge is 0.343 e. The Morgan fingerprint density at radius 2 is 1.57 bits per heavy atom. The maximum atomic E-state index is 13.6. The molecule has 3 aromatic rings. The molecule has 1 heterocycles. The van der Waals surface area contributed by atoms with Crippen LogP contribution >= 0.6 is 11.6 Å². The van der Waals surface area contributed by atoms with E-state index < -0.39 is 21.9 Å². The molecule has 0 atom stereocenters. The van der Waals surface area contributed by atoms with Gasteiger partial charge in [-0.15, -0.1) is 0 Å². The van der Waals surface area contributed by atoms with Crippen LogP contribution in [0.3, 0.4) is 0 Å². The third kappa shape index (κ3) is 3.02. The number of hydrogen-bond donors (Lipinski definition) is 0. The van der Waals surface area contributed by atoms with Crippen LogP contribution in [0.15, 0.2) is 77.7 Å². The van der Waals surface area contributed by atoms with Crippen LogP contribution in [0.2, 0.25) is 5.02 Å². The third-order valence-corrected chi connectivity index (χ3v) is 6.43. The molecule has 0 aliphatic carbocycles. The highest BCUT2D eigenvalue weighted by Crippen LogP contribution is 2.40. The van der Waals surface area contributed by atoms with Crippen molar-refractivity contribution in [1.82, 2.24) is 0 Å². The van der Waals surface area contributed by atoms with Gasteiger partial charge in [0.2, 0.25) is 0 Å². The van der Waals surface area contributed by atoms with Crippen LogP contribution in [-0.4, -0.2) is 14.4 Å². The molecule has 5 nitrogen and oxygen atoms in total. The molecule has 0 saturated carbocycles. The molecule has 0 unspecified atom stereocenters. The van der Waals surface area contributed by atoms with Crippen molar-refractivity contribution in [3.05, 3.63) is 89.2 Å². The van der Waals surface area contributed by atoms with Crippen molar-refractivity contribution in [2.75, 3.05) is 9.21 Å². The summed E-state index contributed by atoms with van der Waals surface area (Å²) >= 11 is 6.18. The number of anilines is 2. The monoisotopic (exact) mass is 416 g/mol. The fraction of sp³-hybridized carbons (Fsp3) is 0.0500. The molecule has 0 fully saturated rings. The molecule has 1 aliphatic rings. The van der Waals surface area contributed by atoms with Gasteiger partial charge in [-0.25, -0.2) is 17.6 Å². The predicted octanol–water partition coefficient (Wildman–Crippen LogP) is 4.81. The predicted molar refractivity (Wildman–Crippen MR) is 106 cm³/mol. The molecular formula is C20H14ClFN2O3S. The Labute approximate surface area is 166 Å². The number of nitrogens with zero attached hydrogens (tertiary/aromatic N) is 2. The molecule has 4 rings (SSSR count). The number of carbonyl (C=O) groups is 1. The summed E-state index contributed by atoms with van der Waals surface area (Å²) in [5.41, 5.74) is 0.828. The number of hydrogen-bond acceptors (Lipinski definition) is 3. The van der Waals surface area contributed by atoms with Gasteiger partial charge in [-0.3, -0.25) is 4.90 Å². The molecule has 0 N–H and O–H groups in total. The fourth-order valence-corrected chi connectivity index (χ4v) is 5.01. The summed E-state index contributed by atoms with van der Waals surface area (Å²) in [4.78, 5) is 14.5. The van der Waals surface area contributed by atoms with Crippen LogP contribution in [0.4, 0.5) is 20.6 Å². The van der Waals surface area contributed by atoms with Gasteiger partial charge in [0, 0.05) is 0 Å². The van der Waals surface area contributed by atoms with Crippen LogP contribution in [0, 0.1) is 5.82 Å². The summed E-state index contributed by atoms with van der Waals surface area (Å²) in [6.45, 7) is 0.00405. The summed E-state index contributed by atoms with van der Waals surface area (Å²) in [5, 5.41) is 0.129. The topological polar surface area (TPSA) is 57.7 Å². The van der Waals surface area contributed by atoms with Gasteiger partial charge < -0.3 is 0 Å². The van der Waals surface area contributed by atoms with Gasteiger partial charge in [0.05, 0.1) is 22.9 Å². The Balaban J connectivity index is 1.89. The number of carbonyl (C=O) groups excluding carboxylic acids is 1. The van der Waals surface area contributed by atoms with Crippen LogP contribution in [0.25, 0.3) is 0 Å². The molecule has 3 aromatic carbocycles. The van der Waals surface area contributed by atoms with Crippen molar-refractivity contribution in [1.29, 1.82) is 0 Å². The van der Waals surface area contributed by atoms with Crippen molar-refractivity contribution >= 4 is 39.0 Å². The molecule has 1 aliphatic heterocycles. The summed E-state index contributed by atoms with van der Waals surface area (Å²) in [5.74, 6) is -0.439. The highest BCUT2D eigenvalue weighted by molar-refractivity contribution is 7.94. The van der Waals surface area contributed by atoms with E-state index in [1.54, 1.807) is 36.4 Å². The molecule has 0 bridgehead atoms. The first kappa shape index (κ1) is 18.5. The number of urea groups is 1. The van der Waals surface area contributed by atoms with E-state index in [0.717, 1.165) is 0 Å². The Morgan fingerprint density at radius 3 is 2.29 bits per heavy atom. The minimum atomic E-state index is -4.16. The van der Waals surface area contributed by atoms with E-state index in [-0.39, 0.29) is 27.8 Å². The van der Waals surface area contributed by atoms with E-state index in [9.17, 15) is 17.6 Å². The van der Waals surface area contributed by atoms with Gasteiger partial charge in [-0.1, -0.05) is 48.0 Å². The van der Waals surface area contributed by atoms with Crippen LogP contribution < -0.4 is 9.21 Å². The van der Waals surface area contributed by atoms with Crippen molar-refractivity contribution in [2.45, 2.75) is 11.4 Å². The van der Waals surface area contributed by atoms with Crippen LogP contribution in [0.5, 0.6) is 0 Å². The maximum absolute atomic E-state index is 13.6. The molecule has 2 amide bonds. The minimum absolute atomic E-state index is 0.00405. The first-order valence-corrected chi connectivity index (χ1v) is 10.2. The molecule has 8 heteroatoms. The third-order valence-electron chi connectivity index (χ3n) is 4.38. The van der Waals surface area contributed by atoms with Crippen molar-refractivity contribution in [3.63, 3.8) is 0 Å². The summed E-state index contributed by atoms with van der Waals surface area (Å²) in [7, 11) is -4.16. The fourth-order valence-electron chi connectivity index (χ4n) is 3.13. The Morgan fingerprint density at radius 1 is 0.893 bits per heavy atom. The molecule has 0 aromatic heterocycles. The maximum Gasteiger partial charge on any atom is 0.343 e. The summed E-state index contributed by atoms with van der Waals surface area (Å²) in [6.07, 6.45) is 0. The molecule has 0 saturated heterocycles. The lowest BCUT2D eigenvalue weighted by Crippen LogP contribution is -2.50. The number of halogens is 2. The van der Waals surface area contributed by atoms with Crippen LogP contribution in [0.1, 0.15) is 5.56 Å². The zero-order valence-electron chi connectivity index (χ0n) is 14.4. The number of amides is 2. The Hall–Kier alpha value is -2.90. The van der Waals surface area contributed by atoms with E-state index in [1.165, 1.54) is 41.3 Å². The standard InChI is InChI=1S/C20H14ClFN2O3S/c21-16-8-1-2-9-17(16)24-20(25)23(13-14-6-5-7-15(22)12-14)18-10-3-4-11-19(18)28(24,26)27/h1-12H,13H2. The SMILES string of the molecule is O=C1N(Cc2cccc(F)c2)c2ccccc2S(=O)(=O)N1c1ccccc1Cl. The first-order chi connectivity index (χ1) is 13.4. The molecule has 0 radical (unpaired) electrons. The van der Waals surface area contributed by atoms with Gasteiger partial charge in [0.1, 0.15) is 10.7 Å². The zero-order chi connectivity index (χ0) is 19.9. The van der Waals surface area contributed by atoms with Crippen molar-refractivity contribution in [3.8, 4) is 0 Å². The highest BCUT2D eigenvalue weighted by Gasteiger charge is 2.43. The number of sulfonamides is 1. The average Bonchev–Trinajstić information content (AvgIpc) is 2.67.